The summed E-state index contributed by atoms with van der Waals surface area (Å²) in [5.41, 5.74) is 2.12. The number of carbonyl (C=O) groups is 4. The third-order valence-corrected chi connectivity index (χ3v) is 4.45. The van der Waals surface area contributed by atoms with Gasteiger partial charge in [0.2, 0.25) is 5.91 Å². The van der Waals surface area contributed by atoms with E-state index in [1.165, 1.54) is 7.11 Å². The second-order valence-corrected chi connectivity index (χ2v) is 6.08. The van der Waals surface area contributed by atoms with Crippen molar-refractivity contribution in [2.45, 2.75) is 13.3 Å². The van der Waals surface area contributed by atoms with Gasteiger partial charge in [-0.2, -0.15) is 0 Å². The lowest BCUT2D eigenvalue weighted by Crippen LogP contribution is -2.33. The summed E-state index contributed by atoms with van der Waals surface area (Å²) in [6, 6.07) is 11.5. The van der Waals surface area contributed by atoms with E-state index in [-0.39, 0.29) is 18.9 Å². The van der Waals surface area contributed by atoms with Gasteiger partial charge >= 0.3 is 5.97 Å². The van der Waals surface area contributed by atoms with E-state index >= 15 is 0 Å². The minimum absolute atomic E-state index is 0.0199. The summed E-state index contributed by atoms with van der Waals surface area (Å²) >= 11 is 0. The van der Waals surface area contributed by atoms with Crippen molar-refractivity contribution in [3.63, 3.8) is 0 Å². The zero-order chi connectivity index (χ0) is 19.6. The van der Waals surface area contributed by atoms with Crippen LogP contribution in [0.2, 0.25) is 0 Å². The van der Waals surface area contributed by atoms with Crippen LogP contribution in [0.1, 0.15) is 43.1 Å². The molecule has 0 atom stereocenters. The van der Waals surface area contributed by atoms with Gasteiger partial charge in [-0.25, -0.2) is 4.79 Å². The van der Waals surface area contributed by atoms with Gasteiger partial charge in [-0.3, -0.25) is 19.3 Å². The number of amides is 3. The normalized spacial score (nSPS) is 12.7. The number of fused-ring (bicyclic) bond motifs is 1. The minimum atomic E-state index is -0.491. The summed E-state index contributed by atoms with van der Waals surface area (Å²) in [4.78, 5) is 49.7. The van der Waals surface area contributed by atoms with Crippen molar-refractivity contribution >= 4 is 29.4 Å². The van der Waals surface area contributed by atoms with Gasteiger partial charge in [0.25, 0.3) is 11.8 Å². The van der Waals surface area contributed by atoms with Crippen LogP contribution in [-0.4, -0.2) is 42.2 Å². The van der Waals surface area contributed by atoms with Gasteiger partial charge in [0.1, 0.15) is 0 Å². The Morgan fingerprint density at radius 1 is 1.00 bits per heavy atom. The molecule has 0 saturated heterocycles. The first-order valence-electron chi connectivity index (χ1n) is 8.37. The van der Waals surface area contributed by atoms with Crippen LogP contribution in [0.4, 0.5) is 5.69 Å². The van der Waals surface area contributed by atoms with Crippen LogP contribution in [0.25, 0.3) is 0 Å². The standard InChI is InChI=1S/C20H18N2O5/c1-12-13(20(26)27-2)8-5-9-16(12)21-17(23)10-11-22-18(24)14-6-3-4-7-15(14)19(22)25/h3-9H,10-11H2,1-2H3,(H,21,23). The maximum atomic E-state index is 12.3. The van der Waals surface area contributed by atoms with Crippen LogP contribution in [0.5, 0.6) is 0 Å². The largest absolute Gasteiger partial charge is 0.465 e. The number of nitrogens with zero attached hydrogens (tertiary/aromatic N) is 1. The molecule has 0 radical (unpaired) electrons. The average Bonchev–Trinajstić information content (AvgIpc) is 2.92. The number of nitrogens with one attached hydrogen (secondary N) is 1. The Bertz CT molecular complexity index is 916. The Kier molecular flexibility index (Phi) is 5.03. The number of methoxy groups -OCH3 is 1. The fourth-order valence-electron chi connectivity index (χ4n) is 2.97. The van der Waals surface area contributed by atoms with E-state index in [4.69, 9.17) is 4.74 Å². The molecule has 2 aromatic rings. The van der Waals surface area contributed by atoms with E-state index in [9.17, 15) is 19.2 Å². The van der Waals surface area contributed by atoms with Crippen molar-refractivity contribution in [1.82, 2.24) is 4.90 Å². The number of hydrogen-bond donors (Lipinski definition) is 1. The fourth-order valence-corrected chi connectivity index (χ4v) is 2.97. The van der Waals surface area contributed by atoms with Crippen LogP contribution in [0, 0.1) is 6.92 Å². The summed E-state index contributed by atoms with van der Waals surface area (Å²) in [5.74, 6) is -1.65. The zero-order valence-electron chi connectivity index (χ0n) is 14.9. The average molecular weight is 366 g/mol. The van der Waals surface area contributed by atoms with Crippen LogP contribution in [-0.2, 0) is 9.53 Å². The van der Waals surface area contributed by atoms with Crippen LogP contribution >= 0.6 is 0 Å². The number of hydrogen-bond acceptors (Lipinski definition) is 5. The Labute approximate surface area is 155 Å². The van der Waals surface area contributed by atoms with E-state index in [0.717, 1.165) is 4.90 Å². The van der Waals surface area contributed by atoms with Gasteiger partial charge in [-0.05, 0) is 36.8 Å². The number of rotatable bonds is 5. The molecule has 3 amide bonds. The summed E-state index contributed by atoms with van der Waals surface area (Å²) in [6.07, 6.45) is -0.0483. The van der Waals surface area contributed by atoms with Gasteiger partial charge in [-0.1, -0.05) is 18.2 Å². The van der Waals surface area contributed by atoms with Gasteiger partial charge in [-0.15, -0.1) is 0 Å². The Morgan fingerprint density at radius 3 is 2.22 bits per heavy atom. The molecule has 1 aliphatic heterocycles. The van der Waals surface area contributed by atoms with Crippen LogP contribution in [0.15, 0.2) is 42.5 Å². The minimum Gasteiger partial charge on any atom is -0.465 e. The molecule has 0 aliphatic carbocycles. The molecule has 7 heteroatoms. The van der Waals surface area contributed by atoms with E-state index < -0.39 is 17.8 Å². The Balaban J connectivity index is 1.66. The molecule has 0 aromatic heterocycles. The third-order valence-electron chi connectivity index (χ3n) is 4.45. The first-order chi connectivity index (χ1) is 12.9. The van der Waals surface area contributed by atoms with E-state index in [1.807, 2.05) is 0 Å². The highest BCUT2D eigenvalue weighted by molar-refractivity contribution is 6.21. The highest BCUT2D eigenvalue weighted by Crippen LogP contribution is 2.23. The number of benzene rings is 2. The Morgan fingerprint density at radius 2 is 1.63 bits per heavy atom. The predicted octanol–water partition coefficient (Wildman–Crippen LogP) is 2.41. The molecular formula is C20H18N2O5. The summed E-state index contributed by atoms with van der Waals surface area (Å²) < 4.78 is 4.71. The van der Waals surface area contributed by atoms with Gasteiger partial charge in [0, 0.05) is 18.7 Å². The van der Waals surface area contributed by atoms with Crippen molar-refractivity contribution in [2.24, 2.45) is 0 Å². The molecule has 0 unspecified atom stereocenters. The monoisotopic (exact) mass is 366 g/mol. The summed E-state index contributed by atoms with van der Waals surface area (Å²) in [5, 5.41) is 2.71. The van der Waals surface area contributed by atoms with Gasteiger partial charge < -0.3 is 10.1 Å². The molecule has 3 rings (SSSR count). The maximum Gasteiger partial charge on any atom is 0.338 e. The highest BCUT2D eigenvalue weighted by atomic mass is 16.5. The second kappa shape index (κ2) is 7.41. The van der Waals surface area contributed by atoms with Crippen LogP contribution < -0.4 is 5.32 Å². The number of carbonyl (C=O) groups excluding carboxylic acids is 4. The molecule has 7 nitrogen and oxygen atoms in total. The SMILES string of the molecule is COC(=O)c1cccc(NC(=O)CCN2C(=O)c3ccccc3C2=O)c1C. The van der Waals surface area contributed by atoms with Gasteiger partial charge in [0.05, 0.1) is 23.8 Å². The number of esters is 1. The van der Waals surface area contributed by atoms with E-state index in [0.29, 0.717) is 27.9 Å². The molecule has 0 bridgehead atoms. The van der Waals surface area contributed by atoms with Crippen molar-refractivity contribution in [2.75, 3.05) is 19.0 Å². The number of imide groups is 1. The van der Waals surface area contributed by atoms with Crippen molar-refractivity contribution in [3.8, 4) is 0 Å². The van der Waals surface area contributed by atoms with Crippen LogP contribution in [0.3, 0.4) is 0 Å². The molecule has 27 heavy (non-hydrogen) atoms. The van der Waals surface area contributed by atoms with Crippen molar-refractivity contribution in [1.29, 1.82) is 0 Å². The Hall–Kier alpha value is -3.48. The highest BCUT2D eigenvalue weighted by Gasteiger charge is 2.34. The maximum absolute atomic E-state index is 12.3. The summed E-state index contributed by atoms with van der Waals surface area (Å²) in [6.45, 7) is 1.68. The quantitative estimate of drug-likeness (QED) is 0.648. The lowest BCUT2D eigenvalue weighted by molar-refractivity contribution is -0.116. The molecule has 0 spiro atoms. The molecular weight excluding hydrogens is 348 g/mol. The second-order valence-electron chi connectivity index (χ2n) is 6.08. The lowest BCUT2D eigenvalue weighted by Gasteiger charge is -2.15. The number of anilines is 1. The number of ether oxygens (including phenoxy) is 1. The first-order valence-corrected chi connectivity index (χ1v) is 8.37. The molecule has 0 fully saturated rings. The molecule has 0 saturated carbocycles. The molecule has 1 aliphatic rings. The fraction of sp³-hybridized carbons (Fsp3) is 0.200. The zero-order valence-corrected chi connectivity index (χ0v) is 14.9. The smallest absolute Gasteiger partial charge is 0.338 e. The molecule has 138 valence electrons. The van der Waals surface area contributed by atoms with E-state index in [2.05, 4.69) is 5.32 Å². The predicted molar refractivity (Wildman–Crippen MR) is 97.6 cm³/mol. The van der Waals surface area contributed by atoms with Crippen molar-refractivity contribution < 1.29 is 23.9 Å². The molecule has 2 aromatic carbocycles. The lowest BCUT2D eigenvalue weighted by atomic mass is 10.1. The topological polar surface area (TPSA) is 92.8 Å². The van der Waals surface area contributed by atoms with E-state index in [1.54, 1.807) is 49.4 Å². The van der Waals surface area contributed by atoms with Crippen molar-refractivity contribution in [3.05, 3.63) is 64.7 Å². The molecule has 1 heterocycles. The van der Waals surface area contributed by atoms with Gasteiger partial charge in [0.15, 0.2) is 0 Å². The third kappa shape index (κ3) is 3.44. The summed E-state index contributed by atoms with van der Waals surface area (Å²) in [7, 11) is 1.29. The first kappa shape index (κ1) is 18.3. The molecule has 1 N–H and O–H groups in total.